The van der Waals surface area contributed by atoms with Gasteiger partial charge in [-0.2, -0.15) is 0 Å². The smallest absolute Gasteiger partial charge is 0.0483 e. The summed E-state index contributed by atoms with van der Waals surface area (Å²) in [6.45, 7) is 2.46. The van der Waals surface area contributed by atoms with Crippen LogP contribution in [0.25, 0.3) is 0 Å². The lowest BCUT2D eigenvalue weighted by atomic mass is 10.2. The van der Waals surface area contributed by atoms with Gasteiger partial charge in [0.15, 0.2) is 0 Å². The first-order valence-electron chi connectivity index (χ1n) is 7.43. The van der Waals surface area contributed by atoms with E-state index in [1.807, 2.05) is 12.1 Å². The summed E-state index contributed by atoms with van der Waals surface area (Å²) >= 11 is 5.64. The molecule has 2 aromatic carbocycles. The topological polar surface area (TPSA) is 12.5 Å². The Morgan fingerprint density at radius 2 is 1.29 bits per heavy atom. The fourth-order valence-electron chi connectivity index (χ4n) is 2.21. The summed E-state index contributed by atoms with van der Waals surface area (Å²) < 4.78 is 5.59. The van der Waals surface area contributed by atoms with Crippen molar-refractivity contribution in [3.05, 3.63) is 60.7 Å². The third-order valence-electron chi connectivity index (χ3n) is 3.23. The molecule has 21 heavy (non-hydrogen) atoms. The molecule has 0 aliphatic rings. The van der Waals surface area contributed by atoms with Crippen molar-refractivity contribution in [1.29, 1.82) is 0 Å². The highest BCUT2D eigenvalue weighted by Crippen LogP contribution is 2.24. The van der Waals surface area contributed by atoms with Gasteiger partial charge in [0.2, 0.25) is 0 Å². The monoisotopic (exact) mass is 303 g/mol. The molecule has 0 N–H and O–H groups in total. The Labute approximate surface area is 132 Å². The Bertz CT molecular complexity index is 450. The minimum absolute atomic E-state index is 0.667. The zero-order valence-corrected chi connectivity index (χ0v) is 13.0. The number of hydrogen-bond acceptors (Lipinski definition) is 2. The van der Waals surface area contributed by atoms with Crippen LogP contribution in [0.1, 0.15) is 12.8 Å². The maximum Gasteiger partial charge on any atom is 0.0483 e. The summed E-state index contributed by atoms with van der Waals surface area (Å²) in [5.74, 6) is 0.667. The second-order valence-electron chi connectivity index (χ2n) is 4.83. The highest BCUT2D eigenvalue weighted by atomic mass is 35.5. The predicted octanol–water partition coefficient (Wildman–Crippen LogP) is 4.86. The Kier molecular flexibility index (Phi) is 7.13. The van der Waals surface area contributed by atoms with Gasteiger partial charge in [-0.05, 0) is 37.1 Å². The molecule has 0 heterocycles. The van der Waals surface area contributed by atoms with Gasteiger partial charge in [0, 0.05) is 37.0 Å². The zero-order chi connectivity index (χ0) is 14.8. The first-order valence-corrected chi connectivity index (χ1v) is 7.96. The summed E-state index contributed by atoms with van der Waals surface area (Å²) in [7, 11) is 0. The van der Waals surface area contributed by atoms with Crippen LogP contribution in [0.15, 0.2) is 60.7 Å². The Balaban J connectivity index is 1.94. The van der Waals surface area contributed by atoms with Crippen LogP contribution in [-0.4, -0.2) is 25.6 Å². The lowest BCUT2D eigenvalue weighted by Gasteiger charge is -2.25. The SMILES string of the molecule is ClCCCOCCCN(c1ccccc1)c1ccccc1. The fraction of sp³-hybridized carbons (Fsp3) is 0.333. The molecule has 0 aliphatic heterocycles. The lowest BCUT2D eigenvalue weighted by Crippen LogP contribution is -2.19. The highest BCUT2D eigenvalue weighted by Gasteiger charge is 2.07. The predicted molar refractivity (Wildman–Crippen MR) is 90.7 cm³/mol. The largest absolute Gasteiger partial charge is 0.381 e. The Morgan fingerprint density at radius 3 is 1.81 bits per heavy atom. The first-order chi connectivity index (χ1) is 10.4. The second kappa shape index (κ2) is 9.43. The number of benzene rings is 2. The summed E-state index contributed by atoms with van der Waals surface area (Å²) in [5, 5.41) is 0. The average Bonchev–Trinajstić information content (AvgIpc) is 2.56. The van der Waals surface area contributed by atoms with Crippen molar-refractivity contribution < 1.29 is 4.74 Å². The Hall–Kier alpha value is -1.51. The maximum atomic E-state index is 5.64. The van der Waals surface area contributed by atoms with Crippen LogP contribution >= 0.6 is 11.6 Å². The van der Waals surface area contributed by atoms with Gasteiger partial charge in [0.25, 0.3) is 0 Å². The number of rotatable bonds is 9. The van der Waals surface area contributed by atoms with Crippen molar-refractivity contribution in [2.24, 2.45) is 0 Å². The van der Waals surface area contributed by atoms with Crippen LogP contribution in [0.5, 0.6) is 0 Å². The van der Waals surface area contributed by atoms with E-state index in [4.69, 9.17) is 16.3 Å². The van der Waals surface area contributed by atoms with Gasteiger partial charge in [0.1, 0.15) is 0 Å². The van der Waals surface area contributed by atoms with Gasteiger partial charge in [-0.3, -0.25) is 0 Å². The van der Waals surface area contributed by atoms with Crippen molar-refractivity contribution in [3.63, 3.8) is 0 Å². The third-order valence-corrected chi connectivity index (χ3v) is 3.50. The molecule has 0 bridgehead atoms. The molecule has 0 atom stereocenters. The molecule has 0 spiro atoms. The van der Waals surface area contributed by atoms with Crippen LogP contribution in [-0.2, 0) is 4.74 Å². The van der Waals surface area contributed by atoms with Crippen LogP contribution < -0.4 is 4.90 Å². The average molecular weight is 304 g/mol. The van der Waals surface area contributed by atoms with Crippen LogP contribution in [0, 0.1) is 0 Å². The third kappa shape index (κ3) is 5.41. The van der Waals surface area contributed by atoms with Gasteiger partial charge >= 0.3 is 0 Å². The van der Waals surface area contributed by atoms with Gasteiger partial charge in [0.05, 0.1) is 0 Å². The van der Waals surface area contributed by atoms with Gasteiger partial charge in [-0.25, -0.2) is 0 Å². The minimum Gasteiger partial charge on any atom is -0.381 e. The minimum atomic E-state index is 0.667. The zero-order valence-electron chi connectivity index (χ0n) is 12.2. The molecule has 0 unspecified atom stereocenters. The van der Waals surface area contributed by atoms with Crippen LogP contribution in [0.3, 0.4) is 0 Å². The van der Waals surface area contributed by atoms with Crippen molar-refractivity contribution in [1.82, 2.24) is 0 Å². The first kappa shape index (κ1) is 15.9. The Morgan fingerprint density at radius 1 is 0.762 bits per heavy atom. The van der Waals surface area contributed by atoms with E-state index in [-0.39, 0.29) is 0 Å². The number of para-hydroxylation sites is 2. The van der Waals surface area contributed by atoms with Crippen LogP contribution in [0.4, 0.5) is 11.4 Å². The van der Waals surface area contributed by atoms with Crippen molar-refractivity contribution >= 4 is 23.0 Å². The quantitative estimate of drug-likeness (QED) is 0.484. The lowest BCUT2D eigenvalue weighted by molar-refractivity contribution is 0.134. The van der Waals surface area contributed by atoms with E-state index in [0.29, 0.717) is 5.88 Å². The number of hydrogen-bond donors (Lipinski definition) is 0. The van der Waals surface area contributed by atoms with E-state index in [0.717, 1.165) is 32.6 Å². The van der Waals surface area contributed by atoms with E-state index in [1.165, 1.54) is 11.4 Å². The molecule has 0 radical (unpaired) electrons. The molecular weight excluding hydrogens is 282 g/mol. The van der Waals surface area contributed by atoms with E-state index >= 15 is 0 Å². The number of ether oxygens (including phenoxy) is 1. The molecule has 2 nitrogen and oxygen atoms in total. The number of nitrogens with zero attached hydrogens (tertiary/aromatic N) is 1. The molecule has 0 amide bonds. The maximum absolute atomic E-state index is 5.64. The van der Waals surface area contributed by atoms with E-state index in [1.54, 1.807) is 0 Å². The van der Waals surface area contributed by atoms with Crippen LogP contribution in [0.2, 0.25) is 0 Å². The van der Waals surface area contributed by atoms with Gasteiger partial charge in [-0.15, -0.1) is 11.6 Å². The van der Waals surface area contributed by atoms with E-state index in [2.05, 4.69) is 53.4 Å². The van der Waals surface area contributed by atoms with Gasteiger partial charge in [-0.1, -0.05) is 36.4 Å². The highest BCUT2D eigenvalue weighted by molar-refractivity contribution is 6.17. The summed E-state index contributed by atoms with van der Waals surface area (Å²) in [5.41, 5.74) is 2.42. The molecule has 2 rings (SSSR count). The second-order valence-corrected chi connectivity index (χ2v) is 5.21. The number of halogens is 1. The molecule has 0 aliphatic carbocycles. The summed E-state index contributed by atoms with van der Waals surface area (Å²) in [6.07, 6.45) is 1.91. The standard InChI is InChI=1S/C18H22ClNO/c19-13-7-15-21-16-8-14-20(17-9-3-1-4-10-17)18-11-5-2-6-12-18/h1-6,9-12H,7-8,13-16H2. The van der Waals surface area contributed by atoms with E-state index in [9.17, 15) is 0 Å². The molecule has 112 valence electrons. The van der Waals surface area contributed by atoms with Crippen molar-refractivity contribution in [3.8, 4) is 0 Å². The number of alkyl halides is 1. The van der Waals surface area contributed by atoms with Crippen molar-refractivity contribution in [2.45, 2.75) is 12.8 Å². The number of anilines is 2. The molecule has 3 heteroatoms. The fourth-order valence-corrected chi connectivity index (χ4v) is 2.32. The molecule has 0 aromatic heterocycles. The molecule has 2 aromatic rings. The summed E-state index contributed by atoms with van der Waals surface area (Å²) in [6, 6.07) is 20.9. The van der Waals surface area contributed by atoms with Gasteiger partial charge < -0.3 is 9.64 Å². The molecule has 0 saturated heterocycles. The summed E-state index contributed by atoms with van der Waals surface area (Å²) in [4.78, 5) is 2.32. The van der Waals surface area contributed by atoms with Crippen molar-refractivity contribution in [2.75, 3.05) is 30.5 Å². The molecular formula is C18H22ClNO. The molecule has 0 fully saturated rings. The van der Waals surface area contributed by atoms with E-state index < -0.39 is 0 Å². The normalized spacial score (nSPS) is 10.5. The molecule has 0 saturated carbocycles.